The third-order valence-corrected chi connectivity index (χ3v) is 7.20. The molecule has 0 unspecified atom stereocenters. The van der Waals surface area contributed by atoms with Crippen molar-refractivity contribution in [1.82, 2.24) is 0 Å². The molecule has 1 aromatic heterocycles. The van der Waals surface area contributed by atoms with Crippen molar-refractivity contribution in [1.29, 1.82) is 10.5 Å². The van der Waals surface area contributed by atoms with E-state index < -0.39 is 0 Å². The van der Waals surface area contributed by atoms with Crippen molar-refractivity contribution in [2.24, 2.45) is 0 Å². The van der Waals surface area contributed by atoms with Gasteiger partial charge < -0.3 is 19.2 Å². The monoisotopic (exact) mass is 611 g/mol. The number of halogens is 1. The zero-order valence-corrected chi connectivity index (χ0v) is 24.7. The lowest BCUT2D eigenvalue weighted by Crippen LogP contribution is -2.36. The molecule has 1 fully saturated rings. The van der Waals surface area contributed by atoms with Crippen LogP contribution in [0.4, 0.5) is 5.88 Å². The van der Waals surface area contributed by atoms with Crippen LogP contribution < -0.4 is 10.3 Å². The van der Waals surface area contributed by atoms with Gasteiger partial charge in [0.05, 0.1) is 23.1 Å². The van der Waals surface area contributed by atoms with Crippen LogP contribution in [0.5, 0.6) is 5.75 Å². The summed E-state index contributed by atoms with van der Waals surface area (Å²) in [6, 6.07) is 24.4. The Morgan fingerprint density at radius 2 is 1.68 bits per heavy atom. The number of hydrogen-bond acceptors (Lipinski definition) is 7. The topological polar surface area (TPSA) is 110 Å². The van der Waals surface area contributed by atoms with E-state index in [0.717, 1.165) is 29.8 Å². The van der Waals surface area contributed by atoms with Crippen LogP contribution in [0.2, 0.25) is 0 Å². The number of allylic oxidation sites excluding steroid dienone is 1. The van der Waals surface area contributed by atoms with Crippen LogP contribution in [0.1, 0.15) is 31.9 Å². The van der Waals surface area contributed by atoms with Gasteiger partial charge in [-0.3, -0.25) is 4.79 Å². The summed E-state index contributed by atoms with van der Waals surface area (Å²) in [5.74, 6) is 0.810. The summed E-state index contributed by atoms with van der Waals surface area (Å²) in [7, 11) is 0. The molecule has 5 rings (SSSR count). The van der Waals surface area contributed by atoms with E-state index in [1.807, 2.05) is 81.4 Å². The van der Waals surface area contributed by atoms with Crippen molar-refractivity contribution < 1.29 is 14.3 Å². The average molecular weight is 613 g/mol. The van der Waals surface area contributed by atoms with Crippen molar-refractivity contribution >= 4 is 38.9 Å². The number of anilines is 1. The van der Waals surface area contributed by atoms with Crippen molar-refractivity contribution in [3.63, 3.8) is 0 Å². The molecule has 0 saturated carbocycles. The highest BCUT2D eigenvalue weighted by molar-refractivity contribution is 9.10. The first-order valence-electron chi connectivity index (χ1n) is 13.1. The van der Waals surface area contributed by atoms with Gasteiger partial charge in [-0.05, 0) is 56.7 Å². The van der Waals surface area contributed by atoms with Crippen LogP contribution in [0.25, 0.3) is 28.2 Å². The second-order valence-corrected chi connectivity index (χ2v) is 11.4. The second kappa shape index (κ2) is 12.9. The molecule has 1 saturated heterocycles. The first-order valence-corrected chi connectivity index (χ1v) is 13.9. The fourth-order valence-electron chi connectivity index (χ4n) is 4.48. The number of rotatable bonds is 3. The molecular formula is C33H30BrN3O4. The third kappa shape index (κ3) is 7.05. The number of phenolic OH excluding ortho intramolecular Hbond substituents is 1. The number of ether oxygens (including phenoxy) is 1. The number of fused-ring (bicyclic) bond motifs is 1. The van der Waals surface area contributed by atoms with Crippen LogP contribution in [0.15, 0.2) is 86.0 Å². The number of benzene rings is 3. The van der Waals surface area contributed by atoms with Crippen LogP contribution >= 0.6 is 15.9 Å². The summed E-state index contributed by atoms with van der Waals surface area (Å²) in [5, 5.41) is 28.1. The SMILES string of the molecule is CC(C)(C)c1cc(C=C(C#N)C#N)cc(Br)c1O.O=c1cc(N2CCOCC2)oc2c(-c3ccccc3)cccc12. The Balaban J connectivity index is 0.000000196. The van der Waals surface area contributed by atoms with E-state index in [-0.39, 0.29) is 22.2 Å². The molecule has 208 valence electrons. The van der Waals surface area contributed by atoms with Gasteiger partial charge in [0.25, 0.3) is 0 Å². The Morgan fingerprint density at radius 3 is 2.32 bits per heavy atom. The van der Waals surface area contributed by atoms with Gasteiger partial charge in [0.1, 0.15) is 29.0 Å². The smallest absolute Gasteiger partial charge is 0.200 e. The van der Waals surface area contributed by atoms with E-state index in [1.165, 1.54) is 6.08 Å². The van der Waals surface area contributed by atoms with Crippen LogP contribution in [0.3, 0.4) is 0 Å². The summed E-state index contributed by atoms with van der Waals surface area (Å²) in [5.41, 5.74) is 3.90. The number of nitriles is 2. The van der Waals surface area contributed by atoms with Gasteiger partial charge in [-0.25, -0.2) is 0 Å². The minimum atomic E-state index is -0.226. The second-order valence-electron chi connectivity index (χ2n) is 10.5. The fourth-order valence-corrected chi connectivity index (χ4v) is 4.96. The normalized spacial score (nSPS) is 13.0. The van der Waals surface area contributed by atoms with Crippen LogP contribution in [0, 0.1) is 22.7 Å². The molecule has 0 bridgehead atoms. The summed E-state index contributed by atoms with van der Waals surface area (Å²) < 4.78 is 12.1. The summed E-state index contributed by atoms with van der Waals surface area (Å²) in [4.78, 5) is 14.6. The lowest BCUT2D eigenvalue weighted by Gasteiger charge is -2.27. The minimum absolute atomic E-state index is 0.00878. The standard InChI is InChI=1S/C19H17NO3.C14H13BrN2O/c21-17-13-18(20-9-11-22-12-10-20)23-19-15(7-4-8-16(17)19)14-5-2-1-3-6-14;1-14(2,3)11-5-9(4-10(7-16)8-17)6-12(15)13(11)18/h1-8,13H,9-12H2;4-6,18H,1-3H3. The highest BCUT2D eigenvalue weighted by Crippen LogP contribution is 2.37. The molecule has 1 aliphatic heterocycles. The van der Waals surface area contributed by atoms with Crippen molar-refractivity contribution in [3.05, 3.63) is 98.1 Å². The maximum Gasteiger partial charge on any atom is 0.200 e. The first kappa shape index (κ1) is 29.6. The number of phenols is 1. The lowest BCUT2D eigenvalue weighted by molar-refractivity contribution is 0.121. The molecular weight excluding hydrogens is 582 g/mol. The number of hydrogen-bond donors (Lipinski definition) is 1. The van der Waals surface area contributed by atoms with E-state index in [1.54, 1.807) is 18.2 Å². The highest BCUT2D eigenvalue weighted by Gasteiger charge is 2.20. The Labute approximate surface area is 247 Å². The maximum absolute atomic E-state index is 12.5. The van der Waals surface area contributed by atoms with Crippen LogP contribution in [-0.4, -0.2) is 31.4 Å². The van der Waals surface area contributed by atoms with Crippen molar-refractivity contribution in [3.8, 4) is 29.0 Å². The predicted octanol–water partition coefficient (Wildman–Crippen LogP) is 7.18. The van der Waals surface area contributed by atoms with Gasteiger partial charge in [0.15, 0.2) is 11.3 Å². The molecule has 7 nitrogen and oxygen atoms in total. The zero-order valence-electron chi connectivity index (χ0n) is 23.1. The largest absolute Gasteiger partial charge is 0.506 e. The molecule has 0 atom stereocenters. The van der Waals surface area contributed by atoms with Crippen LogP contribution in [-0.2, 0) is 10.2 Å². The van der Waals surface area contributed by atoms with E-state index in [4.69, 9.17) is 19.7 Å². The van der Waals surface area contributed by atoms with E-state index in [0.29, 0.717) is 40.1 Å². The maximum atomic E-state index is 12.5. The number of para-hydroxylation sites is 1. The summed E-state index contributed by atoms with van der Waals surface area (Å²) >= 11 is 3.28. The molecule has 0 spiro atoms. The molecule has 0 aliphatic carbocycles. The Morgan fingerprint density at radius 1 is 1.00 bits per heavy atom. The summed E-state index contributed by atoms with van der Waals surface area (Å²) in [6.45, 7) is 8.74. The molecule has 3 aromatic carbocycles. The zero-order chi connectivity index (χ0) is 29.6. The number of morpholine rings is 1. The Bertz CT molecular complexity index is 1700. The van der Waals surface area contributed by atoms with Gasteiger partial charge in [-0.2, -0.15) is 10.5 Å². The van der Waals surface area contributed by atoms with Gasteiger partial charge in [0, 0.05) is 30.3 Å². The Hall–Kier alpha value is -4.37. The third-order valence-electron chi connectivity index (χ3n) is 6.59. The average Bonchev–Trinajstić information content (AvgIpc) is 2.98. The molecule has 1 aliphatic rings. The van der Waals surface area contributed by atoms with E-state index in [9.17, 15) is 9.90 Å². The van der Waals surface area contributed by atoms with Crippen molar-refractivity contribution in [2.75, 3.05) is 31.2 Å². The first-order chi connectivity index (χ1) is 19.6. The Kier molecular flexibility index (Phi) is 9.29. The van der Waals surface area contributed by atoms with Gasteiger partial charge in [0.2, 0.25) is 0 Å². The molecule has 8 heteroatoms. The van der Waals surface area contributed by atoms with E-state index in [2.05, 4.69) is 20.8 Å². The minimum Gasteiger partial charge on any atom is -0.506 e. The molecule has 2 heterocycles. The van der Waals surface area contributed by atoms with Gasteiger partial charge in [-0.15, -0.1) is 0 Å². The molecule has 0 radical (unpaired) electrons. The van der Waals surface area contributed by atoms with Gasteiger partial charge >= 0.3 is 0 Å². The molecule has 41 heavy (non-hydrogen) atoms. The van der Waals surface area contributed by atoms with Gasteiger partial charge in [-0.1, -0.05) is 63.2 Å². The molecule has 4 aromatic rings. The molecule has 0 amide bonds. The van der Waals surface area contributed by atoms with E-state index >= 15 is 0 Å². The molecule has 1 N–H and O–H groups in total. The fraction of sp³-hybridized carbons (Fsp3) is 0.242. The number of aromatic hydroxyl groups is 1. The quantitative estimate of drug-likeness (QED) is 0.244. The number of nitrogens with zero attached hydrogens (tertiary/aromatic N) is 3. The summed E-state index contributed by atoms with van der Waals surface area (Å²) in [6.07, 6.45) is 1.50. The lowest BCUT2D eigenvalue weighted by atomic mass is 9.85. The van der Waals surface area contributed by atoms with Crippen molar-refractivity contribution in [2.45, 2.75) is 26.2 Å². The highest BCUT2D eigenvalue weighted by atomic mass is 79.9. The predicted molar refractivity (Wildman–Crippen MR) is 165 cm³/mol.